The second-order valence-corrected chi connectivity index (χ2v) is 6.23. The molecule has 2 aromatic heterocycles. The van der Waals surface area contributed by atoms with Gasteiger partial charge in [0.05, 0.1) is 17.4 Å². The quantitative estimate of drug-likeness (QED) is 0.510. The Morgan fingerprint density at radius 1 is 1.20 bits per heavy atom. The Morgan fingerprint density at radius 3 is 2.72 bits per heavy atom. The van der Waals surface area contributed by atoms with Crippen LogP contribution in [0.2, 0.25) is 0 Å². The minimum atomic E-state index is -0.613. The van der Waals surface area contributed by atoms with Crippen molar-refractivity contribution in [3.8, 4) is 0 Å². The SMILES string of the molecule is O=C(Cn1ccc([N+](=O)[O-])n1)Nc1nnc(CCc2ccccc2)s1. The van der Waals surface area contributed by atoms with E-state index in [4.69, 9.17) is 0 Å². The van der Waals surface area contributed by atoms with Crippen LogP contribution < -0.4 is 5.32 Å². The number of rotatable bonds is 7. The van der Waals surface area contributed by atoms with Gasteiger partial charge in [-0.15, -0.1) is 10.2 Å². The molecular formula is C15H14N6O3S. The molecule has 0 unspecified atom stereocenters. The number of nitrogens with zero attached hydrogens (tertiary/aromatic N) is 5. The van der Waals surface area contributed by atoms with E-state index in [1.54, 1.807) is 0 Å². The molecule has 1 aromatic carbocycles. The highest BCUT2D eigenvalue weighted by Gasteiger charge is 2.14. The van der Waals surface area contributed by atoms with Gasteiger partial charge >= 0.3 is 5.82 Å². The molecule has 0 fully saturated rings. The molecule has 1 N–H and O–H groups in total. The molecule has 0 atom stereocenters. The molecule has 0 aliphatic carbocycles. The minimum Gasteiger partial charge on any atom is -0.358 e. The number of nitro groups is 1. The van der Waals surface area contributed by atoms with Gasteiger partial charge in [-0.05, 0) is 16.9 Å². The number of carbonyl (C=O) groups excluding carboxylic acids is 1. The van der Waals surface area contributed by atoms with Crippen LogP contribution in [0.25, 0.3) is 0 Å². The van der Waals surface area contributed by atoms with Gasteiger partial charge in [-0.1, -0.05) is 41.7 Å². The molecule has 0 radical (unpaired) electrons. The summed E-state index contributed by atoms with van der Waals surface area (Å²) < 4.78 is 1.20. The van der Waals surface area contributed by atoms with Gasteiger partial charge in [-0.25, -0.2) is 0 Å². The van der Waals surface area contributed by atoms with Gasteiger partial charge in [0.2, 0.25) is 11.0 Å². The number of amides is 1. The van der Waals surface area contributed by atoms with Crippen molar-refractivity contribution >= 4 is 28.2 Å². The largest absolute Gasteiger partial charge is 0.389 e. The number of benzene rings is 1. The Hall–Kier alpha value is -3.14. The lowest BCUT2D eigenvalue weighted by Gasteiger charge is -1.98. The van der Waals surface area contributed by atoms with Crippen LogP contribution >= 0.6 is 11.3 Å². The molecule has 0 aliphatic heterocycles. The highest BCUT2D eigenvalue weighted by molar-refractivity contribution is 7.15. The Labute approximate surface area is 146 Å². The van der Waals surface area contributed by atoms with Crippen LogP contribution in [-0.4, -0.2) is 30.8 Å². The van der Waals surface area contributed by atoms with E-state index in [-0.39, 0.29) is 18.3 Å². The van der Waals surface area contributed by atoms with Crippen LogP contribution in [0.1, 0.15) is 10.6 Å². The normalized spacial score (nSPS) is 10.6. The summed E-state index contributed by atoms with van der Waals surface area (Å²) in [5.74, 6) is -0.671. The first-order valence-electron chi connectivity index (χ1n) is 7.44. The fourth-order valence-electron chi connectivity index (χ4n) is 2.14. The van der Waals surface area contributed by atoms with Crippen LogP contribution in [0.15, 0.2) is 42.6 Å². The lowest BCUT2D eigenvalue weighted by atomic mass is 10.1. The predicted molar refractivity (Wildman–Crippen MR) is 91.3 cm³/mol. The summed E-state index contributed by atoms with van der Waals surface area (Å²) in [7, 11) is 0. The summed E-state index contributed by atoms with van der Waals surface area (Å²) in [5, 5.41) is 26.1. The van der Waals surface area contributed by atoms with E-state index >= 15 is 0 Å². The summed E-state index contributed by atoms with van der Waals surface area (Å²) in [6, 6.07) is 11.3. The molecule has 128 valence electrons. The zero-order valence-electron chi connectivity index (χ0n) is 13.0. The van der Waals surface area contributed by atoms with Crippen molar-refractivity contribution in [2.45, 2.75) is 19.4 Å². The maximum atomic E-state index is 11.9. The zero-order chi connectivity index (χ0) is 17.6. The van der Waals surface area contributed by atoms with E-state index in [2.05, 4.69) is 20.6 Å². The number of anilines is 1. The van der Waals surface area contributed by atoms with Gasteiger partial charge in [0.25, 0.3) is 0 Å². The highest BCUT2D eigenvalue weighted by atomic mass is 32.1. The molecule has 0 saturated carbocycles. The van der Waals surface area contributed by atoms with Crippen LogP contribution in [0.5, 0.6) is 0 Å². The first kappa shape index (κ1) is 16.7. The average Bonchev–Trinajstić information content (AvgIpc) is 3.23. The third-order valence-corrected chi connectivity index (χ3v) is 4.20. The van der Waals surface area contributed by atoms with E-state index < -0.39 is 4.92 Å². The van der Waals surface area contributed by atoms with Crippen molar-refractivity contribution in [3.05, 3.63) is 63.3 Å². The summed E-state index contributed by atoms with van der Waals surface area (Å²) in [6.07, 6.45) is 2.96. The van der Waals surface area contributed by atoms with Crippen molar-refractivity contribution in [2.75, 3.05) is 5.32 Å². The molecular weight excluding hydrogens is 344 g/mol. The Bertz CT molecular complexity index is 876. The monoisotopic (exact) mass is 358 g/mol. The van der Waals surface area contributed by atoms with Gasteiger partial charge in [0.15, 0.2) is 0 Å². The Morgan fingerprint density at radius 2 is 2.00 bits per heavy atom. The van der Waals surface area contributed by atoms with E-state index in [1.807, 2.05) is 30.3 Å². The molecule has 1 amide bonds. The second kappa shape index (κ2) is 7.62. The van der Waals surface area contributed by atoms with Crippen molar-refractivity contribution in [3.63, 3.8) is 0 Å². The van der Waals surface area contributed by atoms with Gasteiger partial charge in [-0.2, -0.15) is 4.68 Å². The Kier molecular flexibility index (Phi) is 5.09. The first-order chi connectivity index (χ1) is 12.1. The van der Waals surface area contributed by atoms with Crippen LogP contribution in [-0.2, 0) is 24.2 Å². The third kappa shape index (κ3) is 4.67. The van der Waals surface area contributed by atoms with E-state index in [0.717, 1.165) is 17.8 Å². The predicted octanol–water partition coefficient (Wildman–Crippen LogP) is 2.07. The number of carbonyl (C=O) groups is 1. The number of nitrogens with one attached hydrogen (secondary N) is 1. The molecule has 0 aliphatic rings. The van der Waals surface area contributed by atoms with E-state index in [1.165, 1.54) is 33.8 Å². The maximum Gasteiger partial charge on any atom is 0.389 e. The van der Waals surface area contributed by atoms with Gasteiger partial charge in [0, 0.05) is 6.42 Å². The van der Waals surface area contributed by atoms with Crippen LogP contribution in [0.4, 0.5) is 10.9 Å². The molecule has 2 heterocycles. The smallest absolute Gasteiger partial charge is 0.358 e. The highest BCUT2D eigenvalue weighted by Crippen LogP contribution is 2.17. The standard InChI is InChI=1S/C15H14N6O3S/c22-13(10-20-9-8-12(19-20)21(23)24)16-15-18-17-14(25-15)7-6-11-4-2-1-3-5-11/h1-5,8-9H,6-7,10H2,(H,16,18,22). The van der Waals surface area contributed by atoms with Crippen molar-refractivity contribution < 1.29 is 9.72 Å². The zero-order valence-corrected chi connectivity index (χ0v) is 13.8. The molecule has 3 aromatic rings. The lowest BCUT2D eigenvalue weighted by molar-refractivity contribution is -0.389. The minimum absolute atomic E-state index is 0.132. The number of hydrogen-bond donors (Lipinski definition) is 1. The Balaban J connectivity index is 1.51. The van der Waals surface area contributed by atoms with Crippen LogP contribution in [0.3, 0.4) is 0 Å². The molecule has 9 nitrogen and oxygen atoms in total. The molecule has 0 bridgehead atoms. The fraction of sp³-hybridized carbons (Fsp3) is 0.200. The fourth-order valence-corrected chi connectivity index (χ4v) is 2.90. The number of aryl methyl sites for hydroxylation is 2. The van der Waals surface area contributed by atoms with Gasteiger partial charge in [-0.3, -0.25) is 10.1 Å². The topological polar surface area (TPSA) is 116 Å². The van der Waals surface area contributed by atoms with Crippen LogP contribution in [0, 0.1) is 10.1 Å². The van der Waals surface area contributed by atoms with Gasteiger partial charge in [0.1, 0.15) is 11.6 Å². The van der Waals surface area contributed by atoms with Crippen molar-refractivity contribution in [2.24, 2.45) is 0 Å². The maximum absolute atomic E-state index is 11.9. The van der Waals surface area contributed by atoms with E-state index in [0.29, 0.717) is 5.13 Å². The average molecular weight is 358 g/mol. The lowest BCUT2D eigenvalue weighted by Crippen LogP contribution is -2.19. The number of aromatic nitrogens is 4. The second-order valence-electron chi connectivity index (χ2n) is 5.16. The summed E-state index contributed by atoms with van der Waals surface area (Å²) >= 11 is 1.31. The first-order valence-corrected chi connectivity index (χ1v) is 8.26. The molecule has 25 heavy (non-hydrogen) atoms. The summed E-state index contributed by atoms with van der Waals surface area (Å²) in [5.41, 5.74) is 1.21. The summed E-state index contributed by atoms with van der Waals surface area (Å²) in [4.78, 5) is 21.9. The van der Waals surface area contributed by atoms with Crippen molar-refractivity contribution in [1.82, 2.24) is 20.0 Å². The third-order valence-electron chi connectivity index (χ3n) is 3.30. The summed E-state index contributed by atoms with van der Waals surface area (Å²) in [6.45, 7) is -0.132. The molecule has 3 rings (SSSR count). The van der Waals surface area contributed by atoms with Gasteiger partial charge < -0.3 is 10.1 Å². The number of hydrogen-bond acceptors (Lipinski definition) is 7. The molecule has 10 heteroatoms. The van der Waals surface area contributed by atoms with Crippen molar-refractivity contribution in [1.29, 1.82) is 0 Å². The molecule has 0 saturated heterocycles. The van der Waals surface area contributed by atoms with E-state index in [9.17, 15) is 14.9 Å². The molecule has 0 spiro atoms.